The third-order valence-electron chi connectivity index (χ3n) is 4.34. The summed E-state index contributed by atoms with van der Waals surface area (Å²) in [5, 5.41) is 33.7. The number of phenols is 1. The molecule has 2 aromatic carbocycles. The fourth-order valence-electron chi connectivity index (χ4n) is 3.15. The first-order chi connectivity index (χ1) is 12.1. The lowest BCUT2D eigenvalue weighted by atomic mass is 9.80. The van der Waals surface area contributed by atoms with Crippen LogP contribution in [0, 0.1) is 12.3 Å². The van der Waals surface area contributed by atoms with Gasteiger partial charge in [0, 0.05) is 36.4 Å². The molecule has 0 amide bonds. The van der Waals surface area contributed by atoms with Crippen molar-refractivity contribution in [2.75, 3.05) is 31.6 Å². The standard InChI is InChI=1S/C19H21N3O3/c1-11-5-6-13(22-8-7-21-9-10-23)17-15(11)18(20)12-3-2-4-14(24)16(12)19(17)25/h2-6,20-24H,7-10H2,1H3. The molecule has 6 heteroatoms. The summed E-state index contributed by atoms with van der Waals surface area (Å²) in [6.07, 6.45) is 0. The van der Waals surface area contributed by atoms with Crippen LogP contribution in [0.3, 0.4) is 0 Å². The summed E-state index contributed by atoms with van der Waals surface area (Å²) >= 11 is 0. The Bertz CT molecular complexity index is 846. The van der Waals surface area contributed by atoms with Crippen LogP contribution in [0.4, 0.5) is 5.69 Å². The smallest absolute Gasteiger partial charge is 0.200 e. The minimum atomic E-state index is -0.270. The molecule has 0 spiro atoms. The Balaban J connectivity index is 1.99. The van der Waals surface area contributed by atoms with Gasteiger partial charge in [-0.1, -0.05) is 18.2 Å². The molecular formula is C19H21N3O3. The molecule has 5 N–H and O–H groups in total. The molecule has 0 aliphatic heterocycles. The molecule has 0 unspecified atom stereocenters. The van der Waals surface area contributed by atoms with Crippen LogP contribution in [-0.4, -0.2) is 47.9 Å². The molecule has 1 aliphatic carbocycles. The summed E-state index contributed by atoms with van der Waals surface area (Å²) < 4.78 is 0. The van der Waals surface area contributed by atoms with Crippen LogP contribution >= 0.6 is 0 Å². The van der Waals surface area contributed by atoms with Gasteiger partial charge in [-0.2, -0.15) is 0 Å². The number of anilines is 1. The van der Waals surface area contributed by atoms with E-state index in [9.17, 15) is 9.90 Å². The maximum absolute atomic E-state index is 13.0. The minimum absolute atomic E-state index is 0.0750. The fourth-order valence-corrected chi connectivity index (χ4v) is 3.15. The lowest BCUT2D eigenvalue weighted by molar-refractivity contribution is 0.103. The number of rotatable bonds is 6. The number of aliphatic hydroxyl groups is 1. The molecule has 6 nitrogen and oxygen atoms in total. The largest absolute Gasteiger partial charge is 0.507 e. The van der Waals surface area contributed by atoms with E-state index in [-0.39, 0.29) is 29.4 Å². The second kappa shape index (κ2) is 7.04. The zero-order chi connectivity index (χ0) is 18.0. The van der Waals surface area contributed by atoms with Crippen molar-refractivity contribution in [3.8, 4) is 5.75 Å². The van der Waals surface area contributed by atoms with Crippen LogP contribution in [0.1, 0.15) is 32.6 Å². The van der Waals surface area contributed by atoms with E-state index in [0.29, 0.717) is 42.0 Å². The summed E-state index contributed by atoms with van der Waals surface area (Å²) in [4.78, 5) is 13.0. The predicted octanol–water partition coefficient (Wildman–Crippen LogP) is 1.65. The molecule has 0 bridgehead atoms. The van der Waals surface area contributed by atoms with Crippen molar-refractivity contribution < 1.29 is 15.0 Å². The van der Waals surface area contributed by atoms with Gasteiger partial charge in [-0.25, -0.2) is 0 Å². The van der Waals surface area contributed by atoms with Gasteiger partial charge in [-0.15, -0.1) is 0 Å². The Morgan fingerprint density at radius 1 is 1.04 bits per heavy atom. The third-order valence-corrected chi connectivity index (χ3v) is 4.34. The second-order valence-electron chi connectivity index (χ2n) is 5.98. The van der Waals surface area contributed by atoms with E-state index in [2.05, 4.69) is 10.6 Å². The van der Waals surface area contributed by atoms with Crippen LogP contribution in [0.2, 0.25) is 0 Å². The van der Waals surface area contributed by atoms with Crippen molar-refractivity contribution in [1.29, 1.82) is 5.41 Å². The van der Waals surface area contributed by atoms with Crippen LogP contribution in [0.15, 0.2) is 30.3 Å². The average Bonchev–Trinajstić information content (AvgIpc) is 2.60. The van der Waals surface area contributed by atoms with Crippen molar-refractivity contribution in [2.24, 2.45) is 0 Å². The molecule has 3 rings (SSSR count). The Morgan fingerprint density at radius 2 is 1.84 bits per heavy atom. The SMILES string of the molecule is Cc1ccc(NCCNCCO)c2c1C(=N)c1cccc(O)c1C2=O. The molecule has 0 aromatic heterocycles. The zero-order valence-corrected chi connectivity index (χ0v) is 14.0. The monoisotopic (exact) mass is 339 g/mol. The number of phenolic OH excluding ortho intramolecular Hbond substituents is 1. The predicted molar refractivity (Wildman–Crippen MR) is 97.1 cm³/mol. The summed E-state index contributed by atoms with van der Waals surface area (Å²) in [6.45, 7) is 3.67. The lowest BCUT2D eigenvalue weighted by Crippen LogP contribution is -2.27. The van der Waals surface area contributed by atoms with Crippen molar-refractivity contribution in [2.45, 2.75) is 6.92 Å². The number of hydrogen-bond donors (Lipinski definition) is 5. The molecule has 130 valence electrons. The Morgan fingerprint density at radius 3 is 2.60 bits per heavy atom. The van der Waals surface area contributed by atoms with Crippen molar-refractivity contribution in [1.82, 2.24) is 5.32 Å². The van der Waals surface area contributed by atoms with Gasteiger partial charge in [0.05, 0.1) is 23.4 Å². The van der Waals surface area contributed by atoms with Gasteiger partial charge in [0.15, 0.2) is 5.78 Å². The number of aryl methyl sites for hydroxylation is 1. The number of carbonyl (C=O) groups excluding carboxylic acids is 1. The Kier molecular flexibility index (Phi) is 4.83. The van der Waals surface area contributed by atoms with Gasteiger partial charge in [0.1, 0.15) is 5.75 Å². The number of nitrogens with one attached hydrogen (secondary N) is 3. The summed E-state index contributed by atoms with van der Waals surface area (Å²) in [7, 11) is 0. The van der Waals surface area contributed by atoms with Crippen LogP contribution in [-0.2, 0) is 0 Å². The zero-order valence-electron chi connectivity index (χ0n) is 14.0. The third kappa shape index (κ3) is 3.01. The Labute approximate surface area is 146 Å². The molecule has 0 heterocycles. The van der Waals surface area contributed by atoms with Gasteiger partial charge in [0.25, 0.3) is 0 Å². The first-order valence-electron chi connectivity index (χ1n) is 8.21. The number of aliphatic hydroxyl groups excluding tert-OH is 1. The normalized spacial score (nSPS) is 12.7. The quantitative estimate of drug-likeness (QED) is 0.439. The molecule has 0 atom stereocenters. The highest BCUT2D eigenvalue weighted by molar-refractivity contribution is 6.32. The molecule has 1 aliphatic rings. The highest BCUT2D eigenvalue weighted by Gasteiger charge is 2.32. The van der Waals surface area contributed by atoms with Crippen LogP contribution in [0.25, 0.3) is 0 Å². The number of hydrogen-bond acceptors (Lipinski definition) is 6. The average molecular weight is 339 g/mol. The summed E-state index contributed by atoms with van der Waals surface area (Å²) in [5.74, 6) is -0.372. The van der Waals surface area contributed by atoms with Gasteiger partial charge in [-0.3, -0.25) is 10.2 Å². The van der Waals surface area contributed by atoms with E-state index < -0.39 is 0 Å². The van der Waals surface area contributed by atoms with Crippen molar-refractivity contribution in [3.63, 3.8) is 0 Å². The van der Waals surface area contributed by atoms with Gasteiger partial charge in [-0.05, 0) is 24.6 Å². The summed E-state index contributed by atoms with van der Waals surface area (Å²) in [5.41, 5.74) is 3.44. The van der Waals surface area contributed by atoms with E-state index in [1.54, 1.807) is 12.1 Å². The lowest BCUT2D eigenvalue weighted by Gasteiger charge is -2.24. The van der Waals surface area contributed by atoms with Gasteiger partial charge in [0.2, 0.25) is 0 Å². The molecular weight excluding hydrogens is 318 g/mol. The Hall–Kier alpha value is -2.70. The van der Waals surface area contributed by atoms with E-state index in [1.807, 2.05) is 19.1 Å². The van der Waals surface area contributed by atoms with Gasteiger partial charge < -0.3 is 20.8 Å². The fraction of sp³-hybridized carbons (Fsp3) is 0.263. The minimum Gasteiger partial charge on any atom is -0.507 e. The van der Waals surface area contributed by atoms with Gasteiger partial charge >= 0.3 is 0 Å². The van der Waals surface area contributed by atoms with E-state index in [1.165, 1.54) is 6.07 Å². The van der Waals surface area contributed by atoms with E-state index in [4.69, 9.17) is 10.5 Å². The summed E-state index contributed by atoms with van der Waals surface area (Å²) in [6, 6.07) is 8.52. The molecule has 25 heavy (non-hydrogen) atoms. The highest BCUT2D eigenvalue weighted by atomic mass is 16.3. The van der Waals surface area contributed by atoms with Crippen LogP contribution in [0.5, 0.6) is 5.75 Å². The molecule has 2 aromatic rings. The number of aromatic hydroxyl groups is 1. The second-order valence-corrected chi connectivity index (χ2v) is 5.98. The van der Waals surface area contributed by atoms with Crippen LogP contribution < -0.4 is 10.6 Å². The number of ketones is 1. The topological polar surface area (TPSA) is 105 Å². The number of fused-ring (bicyclic) bond motifs is 2. The number of benzene rings is 2. The molecule has 0 saturated carbocycles. The number of carbonyl (C=O) groups is 1. The maximum atomic E-state index is 13.0. The first kappa shape index (κ1) is 17.1. The van der Waals surface area contributed by atoms with E-state index in [0.717, 1.165) is 5.56 Å². The maximum Gasteiger partial charge on any atom is 0.200 e. The van der Waals surface area contributed by atoms with E-state index >= 15 is 0 Å². The van der Waals surface area contributed by atoms with Crippen molar-refractivity contribution >= 4 is 17.2 Å². The first-order valence-corrected chi connectivity index (χ1v) is 8.21. The molecule has 0 radical (unpaired) electrons. The molecule has 0 saturated heterocycles. The molecule has 0 fully saturated rings. The van der Waals surface area contributed by atoms with Crippen molar-refractivity contribution in [3.05, 3.63) is 58.1 Å². The highest BCUT2D eigenvalue weighted by Crippen LogP contribution is 2.37.